The zero-order valence-corrected chi connectivity index (χ0v) is 7.60. The van der Waals surface area contributed by atoms with Crippen molar-refractivity contribution >= 4 is 5.78 Å². The minimum Gasteiger partial charge on any atom is -0.293 e. The number of Topliss-reactive ketones (excluding diaryl/α,β-unsaturated/α-hetero) is 1. The summed E-state index contributed by atoms with van der Waals surface area (Å²) in [5.74, 6) is 3.09. The minimum absolute atomic E-state index is 0.0426. The quantitative estimate of drug-likeness (QED) is 0.522. The van der Waals surface area contributed by atoms with Crippen LogP contribution in [0.2, 0.25) is 0 Å². The van der Waals surface area contributed by atoms with Crippen molar-refractivity contribution in [2.24, 2.45) is 0 Å². The fourth-order valence-electron chi connectivity index (χ4n) is 0.980. The number of ketones is 1. The summed E-state index contributed by atoms with van der Waals surface area (Å²) in [7, 11) is 0. The van der Waals surface area contributed by atoms with Crippen LogP contribution in [-0.2, 0) is 0 Å². The van der Waals surface area contributed by atoms with E-state index in [9.17, 15) is 13.6 Å². The van der Waals surface area contributed by atoms with E-state index in [1.54, 1.807) is 6.92 Å². The molecule has 14 heavy (non-hydrogen) atoms. The molecule has 0 aromatic heterocycles. The maximum Gasteiger partial charge on any atom is 0.177 e. The highest BCUT2D eigenvalue weighted by Crippen LogP contribution is 2.11. The molecule has 0 heterocycles. The number of hydrogen-bond donors (Lipinski definition) is 0. The molecule has 0 saturated carbocycles. The van der Waals surface area contributed by atoms with E-state index in [1.807, 2.05) is 0 Å². The predicted molar refractivity (Wildman–Crippen MR) is 48.8 cm³/mol. The van der Waals surface area contributed by atoms with Crippen LogP contribution in [0, 0.1) is 23.5 Å². The van der Waals surface area contributed by atoms with Crippen LogP contribution < -0.4 is 0 Å². The molecule has 1 aromatic rings. The number of hydrogen-bond acceptors (Lipinski definition) is 1. The highest BCUT2D eigenvalue weighted by Gasteiger charge is 2.10. The van der Waals surface area contributed by atoms with Gasteiger partial charge in [-0.3, -0.25) is 4.79 Å². The smallest absolute Gasteiger partial charge is 0.177 e. The second-order valence-corrected chi connectivity index (χ2v) is 2.65. The van der Waals surface area contributed by atoms with Crippen molar-refractivity contribution < 1.29 is 13.6 Å². The molecule has 1 aromatic carbocycles. The van der Waals surface area contributed by atoms with Gasteiger partial charge in [0, 0.05) is 6.07 Å². The molecule has 0 atom stereocenters. The molecule has 0 N–H and O–H groups in total. The van der Waals surface area contributed by atoms with Gasteiger partial charge in [0.15, 0.2) is 5.78 Å². The fourth-order valence-corrected chi connectivity index (χ4v) is 0.980. The van der Waals surface area contributed by atoms with Crippen LogP contribution in [0.3, 0.4) is 0 Å². The first kappa shape index (κ1) is 10.4. The van der Waals surface area contributed by atoms with Gasteiger partial charge in [-0.1, -0.05) is 5.92 Å². The van der Waals surface area contributed by atoms with Crippen molar-refractivity contribution in [3.8, 4) is 11.8 Å². The Morgan fingerprint density at radius 3 is 2.71 bits per heavy atom. The Labute approximate surface area is 80.7 Å². The molecule has 0 amide bonds. The largest absolute Gasteiger partial charge is 0.293 e. The molecule has 0 aliphatic rings. The third-order valence-electron chi connectivity index (χ3n) is 1.66. The third kappa shape index (κ3) is 2.40. The summed E-state index contributed by atoms with van der Waals surface area (Å²) in [5, 5.41) is 0. The maximum absolute atomic E-state index is 13.0. The average molecular weight is 194 g/mol. The van der Waals surface area contributed by atoms with Gasteiger partial charge in [-0.25, -0.2) is 8.78 Å². The van der Waals surface area contributed by atoms with Crippen LogP contribution in [0.15, 0.2) is 18.2 Å². The van der Waals surface area contributed by atoms with Gasteiger partial charge in [-0.2, -0.15) is 0 Å². The molecule has 0 radical (unpaired) electrons. The van der Waals surface area contributed by atoms with E-state index >= 15 is 0 Å². The van der Waals surface area contributed by atoms with Gasteiger partial charge in [0.1, 0.15) is 11.6 Å². The molecule has 1 rings (SSSR count). The summed E-state index contributed by atoms with van der Waals surface area (Å²) in [5.41, 5.74) is -0.117. The van der Waals surface area contributed by atoms with E-state index in [-0.39, 0.29) is 12.0 Å². The molecule has 3 heteroatoms. The van der Waals surface area contributed by atoms with Gasteiger partial charge >= 0.3 is 0 Å². The van der Waals surface area contributed by atoms with Gasteiger partial charge in [0.2, 0.25) is 0 Å². The second kappa shape index (κ2) is 4.52. The molecule has 72 valence electrons. The SMILES string of the molecule is CC#CCC(=O)c1ccc(F)cc1F. The molecule has 0 unspecified atom stereocenters. The van der Waals surface area contributed by atoms with E-state index in [2.05, 4.69) is 11.8 Å². The van der Waals surface area contributed by atoms with Gasteiger partial charge in [0.25, 0.3) is 0 Å². The molecule has 0 fully saturated rings. The molecule has 0 saturated heterocycles. The highest BCUT2D eigenvalue weighted by atomic mass is 19.1. The Bertz CT molecular complexity index is 413. The van der Waals surface area contributed by atoms with E-state index in [4.69, 9.17) is 0 Å². The van der Waals surface area contributed by atoms with Gasteiger partial charge in [0.05, 0.1) is 12.0 Å². The molecule has 0 spiro atoms. The Morgan fingerprint density at radius 2 is 2.14 bits per heavy atom. The summed E-state index contributed by atoms with van der Waals surface area (Å²) < 4.78 is 25.5. The molecule has 1 nitrogen and oxygen atoms in total. The van der Waals surface area contributed by atoms with Crippen LogP contribution >= 0.6 is 0 Å². The maximum atomic E-state index is 13.0. The van der Waals surface area contributed by atoms with Gasteiger partial charge in [-0.15, -0.1) is 5.92 Å². The van der Waals surface area contributed by atoms with Gasteiger partial charge < -0.3 is 0 Å². The zero-order valence-electron chi connectivity index (χ0n) is 7.60. The van der Waals surface area contributed by atoms with Crippen LogP contribution in [0.5, 0.6) is 0 Å². The summed E-state index contributed by atoms with van der Waals surface area (Å²) >= 11 is 0. The molecular formula is C11H8F2O. The van der Waals surface area contributed by atoms with Crippen LogP contribution in [0.25, 0.3) is 0 Å². The van der Waals surface area contributed by atoms with E-state index in [1.165, 1.54) is 0 Å². The average Bonchev–Trinajstić information content (AvgIpc) is 2.14. The second-order valence-electron chi connectivity index (χ2n) is 2.65. The lowest BCUT2D eigenvalue weighted by molar-refractivity contribution is 0.0994. The standard InChI is InChI=1S/C11H8F2O/c1-2-3-4-11(14)9-6-5-8(12)7-10(9)13/h5-7H,4H2,1H3. The number of halogens is 2. The van der Waals surface area contributed by atoms with Crippen LogP contribution in [-0.4, -0.2) is 5.78 Å². The Kier molecular flexibility index (Phi) is 3.35. The van der Waals surface area contributed by atoms with Crippen LogP contribution in [0.4, 0.5) is 8.78 Å². The Morgan fingerprint density at radius 1 is 1.43 bits per heavy atom. The molecular weight excluding hydrogens is 186 g/mol. The molecule has 0 bridgehead atoms. The summed E-state index contributed by atoms with van der Waals surface area (Å²) in [6.45, 7) is 1.59. The van der Waals surface area contributed by atoms with Crippen molar-refractivity contribution in [1.82, 2.24) is 0 Å². The summed E-state index contributed by atoms with van der Waals surface area (Å²) in [4.78, 5) is 11.3. The topological polar surface area (TPSA) is 17.1 Å². The molecule has 0 aliphatic heterocycles. The lowest BCUT2D eigenvalue weighted by Crippen LogP contribution is -2.01. The summed E-state index contributed by atoms with van der Waals surface area (Å²) in [6.07, 6.45) is -0.0426. The Hall–Kier alpha value is -1.69. The minimum atomic E-state index is -0.840. The van der Waals surface area contributed by atoms with Crippen molar-refractivity contribution in [1.29, 1.82) is 0 Å². The fraction of sp³-hybridized carbons (Fsp3) is 0.182. The molecule has 0 aliphatic carbocycles. The van der Waals surface area contributed by atoms with E-state index in [0.29, 0.717) is 6.07 Å². The number of rotatable bonds is 2. The first-order valence-electron chi connectivity index (χ1n) is 4.03. The third-order valence-corrected chi connectivity index (χ3v) is 1.66. The van der Waals surface area contributed by atoms with E-state index < -0.39 is 17.4 Å². The van der Waals surface area contributed by atoms with Crippen LogP contribution in [0.1, 0.15) is 23.7 Å². The Balaban J connectivity index is 2.94. The van der Waals surface area contributed by atoms with Crippen molar-refractivity contribution in [2.75, 3.05) is 0 Å². The monoisotopic (exact) mass is 194 g/mol. The lowest BCUT2D eigenvalue weighted by Gasteiger charge is -1.98. The zero-order chi connectivity index (χ0) is 10.6. The summed E-state index contributed by atoms with van der Waals surface area (Å²) in [6, 6.07) is 2.87. The normalized spacial score (nSPS) is 9.07. The first-order valence-corrected chi connectivity index (χ1v) is 4.03. The predicted octanol–water partition coefficient (Wildman–Crippen LogP) is 2.56. The number of carbonyl (C=O) groups is 1. The lowest BCUT2D eigenvalue weighted by atomic mass is 10.1. The number of carbonyl (C=O) groups excluding carboxylic acids is 1. The number of benzene rings is 1. The van der Waals surface area contributed by atoms with Gasteiger partial charge in [-0.05, 0) is 19.1 Å². The van der Waals surface area contributed by atoms with Crippen molar-refractivity contribution in [2.45, 2.75) is 13.3 Å². The highest BCUT2D eigenvalue weighted by molar-refractivity contribution is 5.97. The van der Waals surface area contributed by atoms with E-state index in [0.717, 1.165) is 12.1 Å². The van der Waals surface area contributed by atoms with Crippen molar-refractivity contribution in [3.63, 3.8) is 0 Å². The van der Waals surface area contributed by atoms with Crippen molar-refractivity contribution in [3.05, 3.63) is 35.4 Å². The first-order chi connectivity index (χ1) is 6.65.